The third kappa shape index (κ3) is 8.23. The Morgan fingerprint density at radius 1 is 1.04 bits per heavy atom. The summed E-state index contributed by atoms with van der Waals surface area (Å²) in [6.45, 7) is 14.2. The lowest BCUT2D eigenvalue weighted by atomic mass is 10.0. The van der Waals surface area contributed by atoms with Crippen LogP contribution in [0.15, 0.2) is 4.99 Å². The molecule has 0 amide bonds. The van der Waals surface area contributed by atoms with Gasteiger partial charge in [0, 0.05) is 39.3 Å². The molecule has 0 bridgehead atoms. The molecule has 0 saturated carbocycles. The van der Waals surface area contributed by atoms with Gasteiger partial charge in [0.1, 0.15) is 0 Å². The number of nitrogens with zero attached hydrogens (tertiary/aromatic N) is 3. The minimum absolute atomic E-state index is 0.549. The van der Waals surface area contributed by atoms with E-state index in [9.17, 15) is 0 Å². The zero-order chi connectivity index (χ0) is 18.6. The summed E-state index contributed by atoms with van der Waals surface area (Å²) in [6.07, 6.45) is 6.45. The Hall–Kier alpha value is -0.850. The Balaban J connectivity index is 1.64. The highest BCUT2D eigenvalue weighted by Crippen LogP contribution is 2.13. The summed E-state index contributed by atoms with van der Waals surface area (Å²) in [4.78, 5) is 9.56. The van der Waals surface area contributed by atoms with Crippen molar-refractivity contribution in [3.05, 3.63) is 0 Å². The zero-order valence-electron chi connectivity index (χ0n) is 17.3. The van der Waals surface area contributed by atoms with Gasteiger partial charge in [-0.15, -0.1) is 0 Å². The van der Waals surface area contributed by atoms with Crippen LogP contribution in [0.25, 0.3) is 0 Å². The van der Waals surface area contributed by atoms with E-state index in [-0.39, 0.29) is 0 Å². The molecule has 0 aromatic carbocycles. The molecule has 2 heterocycles. The van der Waals surface area contributed by atoms with Crippen LogP contribution >= 0.6 is 0 Å². The van der Waals surface area contributed by atoms with Gasteiger partial charge in [-0.2, -0.15) is 0 Å². The van der Waals surface area contributed by atoms with Crippen molar-refractivity contribution in [1.82, 2.24) is 20.4 Å². The van der Waals surface area contributed by atoms with Gasteiger partial charge in [0.15, 0.2) is 5.96 Å². The van der Waals surface area contributed by atoms with E-state index in [0.29, 0.717) is 12.0 Å². The number of nitrogens with one attached hydrogen (secondary N) is 2. The highest BCUT2D eigenvalue weighted by Gasteiger charge is 2.22. The monoisotopic (exact) mass is 367 g/mol. The van der Waals surface area contributed by atoms with E-state index in [2.05, 4.69) is 39.3 Å². The second-order valence-corrected chi connectivity index (χ2v) is 8.07. The molecule has 2 aliphatic heterocycles. The van der Waals surface area contributed by atoms with Crippen LogP contribution in [0.3, 0.4) is 0 Å². The van der Waals surface area contributed by atoms with Crippen molar-refractivity contribution in [3.8, 4) is 0 Å². The topological polar surface area (TPSA) is 52.1 Å². The van der Waals surface area contributed by atoms with Crippen LogP contribution < -0.4 is 10.6 Å². The summed E-state index contributed by atoms with van der Waals surface area (Å²) >= 11 is 0. The van der Waals surface area contributed by atoms with E-state index < -0.39 is 0 Å². The molecule has 1 unspecified atom stereocenters. The third-order valence-electron chi connectivity index (χ3n) is 5.43. The van der Waals surface area contributed by atoms with Crippen molar-refractivity contribution < 1.29 is 4.74 Å². The molecule has 0 spiro atoms. The molecular formula is C20H41N5O. The summed E-state index contributed by atoms with van der Waals surface area (Å²) in [7, 11) is 1.87. The number of hydrogen-bond donors (Lipinski definition) is 2. The molecule has 0 aromatic rings. The summed E-state index contributed by atoms with van der Waals surface area (Å²) in [5.41, 5.74) is 0. The molecule has 26 heavy (non-hydrogen) atoms. The normalized spacial score (nSPS) is 21.3. The fourth-order valence-corrected chi connectivity index (χ4v) is 3.96. The standard InChI is InChI=1S/C20H41N5O/c1-18(2)16-19(25-12-14-26-15-13-25)17-23-20(21-3)22-8-4-5-9-24-10-6-7-11-24/h18-19H,4-17H2,1-3H3,(H2,21,22,23). The Labute approximate surface area is 160 Å². The number of rotatable bonds is 10. The molecular weight excluding hydrogens is 326 g/mol. The molecule has 0 aromatic heterocycles. The van der Waals surface area contributed by atoms with Gasteiger partial charge in [0.2, 0.25) is 0 Å². The van der Waals surface area contributed by atoms with Gasteiger partial charge in [0.25, 0.3) is 0 Å². The molecule has 152 valence electrons. The Kier molecular flexibility index (Phi) is 10.3. The highest BCUT2D eigenvalue weighted by atomic mass is 16.5. The van der Waals surface area contributed by atoms with Crippen molar-refractivity contribution in [2.24, 2.45) is 10.9 Å². The van der Waals surface area contributed by atoms with E-state index in [0.717, 1.165) is 45.4 Å². The Morgan fingerprint density at radius 3 is 2.42 bits per heavy atom. The predicted octanol–water partition coefficient (Wildman–Crippen LogP) is 1.77. The van der Waals surface area contributed by atoms with Crippen molar-refractivity contribution in [3.63, 3.8) is 0 Å². The highest BCUT2D eigenvalue weighted by molar-refractivity contribution is 5.79. The lowest BCUT2D eigenvalue weighted by Crippen LogP contribution is -2.51. The lowest BCUT2D eigenvalue weighted by molar-refractivity contribution is 0.0132. The molecule has 2 saturated heterocycles. The first-order valence-electron chi connectivity index (χ1n) is 10.7. The Bertz CT molecular complexity index is 390. The second-order valence-electron chi connectivity index (χ2n) is 8.07. The fourth-order valence-electron chi connectivity index (χ4n) is 3.96. The first-order chi connectivity index (χ1) is 12.7. The number of hydrogen-bond acceptors (Lipinski definition) is 4. The van der Waals surface area contributed by atoms with Crippen LogP contribution in [0.1, 0.15) is 46.0 Å². The number of aliphatic imine (C=N–C) groups is 1. The summed E-state index contributed by atoms with van der Waals surface area (Å²) in [5.74, 6) is 1.64. The van der Waals surface area contributed by atoms with E-state index in [1.807, 2.05) is 7.05 Å². The van der Waals surface area contributed by atoms with Gasteiger partial charge < -0.3 is 20.3 Å². The summed E-state index contributed by atoms with van der Waals surface area (Å²) in [6, 6.07) is 0.549. The zero-order valence-corrected chi connectivity index (χ0v) is 17.3. The maximum Gasteiger partial charge on any atom is 0.191 e. The van der Waals surface area contributed by atoms with Gasteiger partial charge in [0.05, 0.1) is 13.2 Å². The number of unbranched alkanes of at least 4 members (excludes halogenated alkanes) is 1. The van der Waals surface area contributed by atoms with Crippen molar-refractivity contribution in [1.29, 1.82) is 0 Å². The SMILES string of the molecule is CN=C(NCCCCN1CCCC1)NCC(CC(C)C)N1CCOCC1. The van der Waals surface area contributed by atoms with Crippen molar-refractivity contribution in [2.75, 3.05) is 66.1 Å². The van der Waals surface area contributed by atoms with Crippen LogP contribution in [0.4, 0.5) is 0 Å². The smallest absolute Gasteiger partial charge is 0.191 e. The van der Waals surface area contributed by atoms with Crippen LogP contribution in [0.5, 0.6) is 0 Å². The number of morpholine rings is 1. The first kappa shape index (κ1) is 21.5. The second kappa shape index (κ2) is 12.5. The molecule has 1 atom stereocenters. The average Bonchev–Trinajstić information content (AvgIpc) is 3.16. The largest absolute Gasteiger partial charge is 0.379 e. The van der Waals surface area contributed by atoms with Crippen molar-refractivity contribution in [2.45, 2.75) is 52.0 Å². The Morgan fingerprint density at radius 2 is 1.77 bits per heavy atom. The minimum Gasteiger partial charge on any atom is -0.379 e. The molecule has 0 aliphatic carbocycles. The molecule has 2 fully saturated rings. The van der Waals surface area contributed by atoms with E-state index >= 15 is 0 Å². The predicted molar refractivity (Wildman–Crippen MR) is 110 cm³/mol. The molecule has 2 rings (SSSR count). The van der Waals surface area contributed by atoms with E-state index in [1.165, 1.54) is 51.7 Å². The van der Waals surface area contributed by atoms with Crippen LogP contribution in [0.2, 0.25) is 0 Å². The molecule has 0 radical (unpaired) electrons. The maximum absolute atomic E-state index is 5.51. The number of ether oxygens (including phenoxy) is 1. The first-order valence-corrected chi connectivity index (χ1v) is 10.7. The van der Waals surface area contributed by atoms with Gasteiger partial charge in [-0.3, -0.25) is 9.89 Å². The number of guanidine groups is 1. The molecule has 6 heteroatoms. The molecule has 2 aliphatic rings. The van der Waals surface area contributed by atoms with E-state index in [1.54, 1.807) is 0 Å². The van der Waals surface area contributed by atoms with Crippen molar-refractivity contribution >= 4 is 5.96 Å². The summed E-state index contributed by atoms with van der Waals surface area (Å²) in [5, 5.41) is 7.03. The van der Waals surface area contributed by atoms with Crippen LogP contribution in [0, 0.1) is 5.92 Å². The van der Waals surface area contributed by atoms with E-state index in [4.69, 9.17) is 4.74 Å². The average molecular weight is 368 g/mol. The molecule has 6 nitrogen and oxygen atoms in total. The minimum atomic E-state index is 0.549. The van der Waals surface area contributed by atoms with Gasteiger partial charge >= 0.3 is 0 Å². The summed E-state index contributed by atoms with van der Waals surface area (Å²) < 4.78 is 5.51. The lowest BCUT2D eigenvalue weighted by Gasteiger charge is -2.35. The van der Waals surface area contributed by atoms with Crippen LogP contribution in [-0.4, -0.2) is 87.9 Å². The number of likely N-dealkylation sites (tertiary alicyclic amines) is 1. The van der Waals surface area contributed by atoms with Gasteiger partial charge in [-0.1, -0.05) is 13.8 Å². The molecule has 2 N–H and O–H groups in total. The maximum atomic E-state index is 5.51. The van der Waals surface area contributed by atoms with Gasteiger partial charge in [-0.25, -0.2) is 0 Å². The quantitative estimate of drug-likeness (QED) is 0.350. The fraction of sp³-hybridized carbons (Fsp3) is 0.950. The third-order valence-corrected chi connectivity index (χ3v) is 5.43. The van der Waals surface area contributed by atoms with Gasteiger partial charge in [-0.05, 0) is 57.7 Å². The van der Waals surface area contributed by atoms with Crippen LogP contribution in [-0.2, 0) is 4.74 Å².